The highest BCUT2D eigenvalue weighted by molar-refractivity contribution is 5.85. The first-order valence-corrected chi connectivity index (χ1v) is 12.6. The van der Waals surface area contributed by atoms with Crippen LogP contribution in [0.25, 0.3) is 11.1 Å². The minimum absolute atomic E-state index is 0.0733. The first-order chi connectivity index (χ1) is 16.4. The van der Waals surface area contributed by atoms with Crippen molar-refractivity contribution in [2.45, 2.75) is 92.1 Å². The van der Waals surface area contributed by atoms with E-state index in [9.17, 15) is 14.7 Å². The zero-order valence-electron chi connectivity index (χ0n) is 22.1. The van der Waals surface area contributed by atoms with Crippen LogP contribution < -0.4 is 0 Å². The van der Waals surface area contributed by atoms with Crippen molar-refractivity contribution in [3.05, 3.63) is 57.6 Å². The molecule has 2 heterocycles. The van der Waals surface area contributed by atoms with E-state index in [0.29, 0.717) is 18.7 Å². The Balaban J connectivity index is 1.87. The van der Waals surface area contributed by atoms with Gasteiger partial charge in [-0.05, 0) is 94.7 Å². The zero-order valence-corrected chi connectivity index (χ0v) is 22.1. The molecule has 2 aliphatic heterocycles. The predicted octanol–water partition coefficient (Wildman–Crippen LogP) is 6.14. The second kappa shape index (κ2) is 9.30. The molecular formula is C29H38N2O4. The van der Waals surface area contributed by atoms with Gasteiger partial charge in [0.25, 0.3) is 0 Å². The lowest BCUT2D eigenvalue weighted by atomic mass is 9.83. The number of aliphatic carboxylic acids is 1. The summed E-state index contributed by atoms with van der Waals surface area (Å²) < 4.78 is 6.15. The summed E-state index contributed by atoms with van der Waals surface area (Å²) in [5, 5.41) is 10.3. The molecule has 2 atom stereocenters. The van der Waals surface area contributed by atoms with Gasteiger partial charge in [-0.25, -0.2) is 9.59 Å². The van der Waals surface area contributed by atoms with Gasteiger partial charge in [0.2, 0.25) is 0 Å². The highest BCUT2D eigenvalue weighted by Crippen LogP contribution is 2.44. The molecule has 0 saturated carbocycles. The van der Waals surface area contributed by atoms with Crippen LogP contribution in [-0.2, 0) is 22.6 Å². The van der Waals surface area contributed by atoms with Crippen molar-refractivity contribution in [2.75, 3.05) is 6.54 Å². The Morgan fingerprint density at radius 2 is 1.63 bits per heavy atom. The third kappa shape index (κ3) is 4.81. The number of urea groups is 1. The fourth-order valence-corrected chi connectivity index (χ4v) is 5.56. The van der Waals surface area contributed by atoms with Gasteiger partial charge in [-0.1, -0.05) is 29.8 Å². The molecule has 1 fully saturated rings. The summed E-state index contributed by atoms with van der Waals surface area (Å²) in [5.74, 6) is -1.01. The number of ether oxygens (including phenoxy) is 1. The van der Waals surface area contributed by atoms with Crippen LogP contribution >= 0.6 is 0 Å². The third-order valence-corrected chi connectivity index (χ3v) is 7.38. The Kier molecular flexibility index (Phi) is 6.71. The second-order valence-corrected chi connectivity index (χ2v) is 11.1. The summed E-state index contributed by atoms with van der Waals surface area (Å²) in [5.41, 5.74) is 7.18. The number of amides is 2. The van der Waals surface area contributed by atoms with Gasteiger partial charge in [-0.15, -0.1) is 0 Å². The number of rotatable bonds is 4. The maximum Gasteiger partial charge on any atom is 0.337 e. The average molecular weight is 479 g/mol. The number of hydrogen-bond acceptors (Lipinski definition) is 3. The number of aryl methyl sites for hydroxylation is 1. The topological polar surface area (TPSA) is 70.1 Å². The molecule has 6 heteroatoms. The molecule has 0 bridgehead atoms. The van der Waals surface area contributed by atoms with Crippen molar-refractivity contribution >= 4 is 12.0 Å². The van der Waals surface area contributed by atoms with Gasteiger partial charge in [0, 0.05) is 31.2 Å². The van der Waals surface area contributed by atoms with Crippen LogP contribution in [0.5, 0.6) is 0 Å². The third-order valence-electron chi connectivity index (χ3n) is 7.38. The van der Waals surface area contributed by atoms with Crippen LogP contribution in [-0.4, -0.2) is 45.1 Å². The molecule has 188 valence electrons. The SMILES string of the molecule is Cc1ccc(-c2c(C)c3c(c(C)c2[C@H](OC(C)(C)C)C(=O)O)CN(C(=O)N2CCC[C@@H]2C)C3)cc1. The number of fused-ring (bicyclic) bond motifs is 1. The van der Waals surface area contributed by atoms with Gasteiger partial charge in [0.15, 0.2) is 6.10 Å². The summed E-state index contributed by atoms with van der Waals surface area (Å²) >= 11 is 0. The molecule has 0 unspecified atom stereocenters. The quantitative estimate of drug-likeness (QED) is 0.573. The van der Waals surface area contributed by atoms with Gasteiger partial charge in [-0.2, -0.15) is 0 Å². The molecule has 4 rings (SSSR count). The lowest BCUT2D eigenvalue weighted by molar-refractivity contribution is -0.160. The molecule has 35 heavy (non-hydrogen) atoms. The van der Waals surface area contributed by atoms with Crippen molar-refractivity contribution in [1.29, 1.82) is 0 Å². The van der Waals surface area contributed by atoms with E-state index >= 15 is 0 Å². The monoisotopic (exact) mass is 478 g/mol. The number of carboxylic acid groups (broad SMARTS) is 1. The minimum Gasteiger partial charge on any atom is -0.479 e. The normalized spacial score (nSPS) is 18.7. The Morgan fingerprint density at radius 1 is 1.03 bits per heavy atom. The molecule has 2 amide bonds. The standard InChI is InChI=1S/C29H38N2O4/c1-17-10-12-21(13-11-17)24-19(3)22-15-30(28(34)31-14-8-9-18(31)2)16-23(22)20(4)25(24)26(27(32)33)35-29(5,6)7/h10-13,18,26H,8-9,14-16H2,1-7H3,(H,32,33)/t18-,26-/m0/s1. The minimum atomic E-state index is -1.11. The number of benzene rings is 2. The number of hydrogen-bond donors (Lipinski definition) is 1. The van der Waals surface area contributed by atoms with E-state index in [1.165, 1.54) is 0 Å². The van der Waals surface area contributed by atoms with Crippen molar-refractivity contribution in [3.8, 4) is 11.1 Å². The maximum absolute atomic E-state index is 13.4. The second-order valence-electron chi connectivity index (χ2n) is 11.1. The number of carbonyl (C=O) groups excluding carboxylic acids is 1. The number of carbonyl (C=O) groups is 2. The summed E-state index contributed by atoms with van der Waals surface area (Å²) in [7, 11) is 0. The van der Waals surface area contributed by atoms with Gasteiger partial charge >= 0.3 is 12.0 Å². The van der Waals surface area contributed by atoms with E-state index in [2.05, 4.69) is 13.8 Å². The van der Waals surface area contributed by atoms with Crippen LogP contribution in [0.2, 0.25) is 0 Å². The number of likely N-dealkylation sites (tertiary alicyclic amines) is 1. The van der Waals surface area contributed by atoms with Crippen molar-refractivity contribution in [2.24, 2.45) is 0 Å². The molecule has 0 spiro atoms. The molecule has 0 radical (unpaired) electrons. The fourth-order valence-electron chi connectivity index (χ4n) is 5.56. The molecule has 6 nitrogen and oxygen atoms in total. The van der Waals surface area contributed by atoms with Crippen LogP contribution in [0, 0.1) is 20.8 Å². The van der Waals surface area contributed by atoms with Crippen LogP contribution in [0.3, 0.4) is 0 Å². The number of carboxylic acids is 1. The van der Waals surface area contributed by atoms with Crippen LogP contribution in [0.15, 0.2) is 24.3 Å². The van der Waals surface area contributed by atoms with E-state index in [1.807, 2.05) is 68.7 Å². The van der Waals surface area contributed by atoms with Crippen molar-refractivity contribution < 1.29 is 19.4 Å². The van der Waals surface area contributed by atoms with Gasteiger partial charge in [0.05, 0.1) is 5.60 Å². The number of nitrogens with zero attached hydrogens (tertiary/aromatic N) is 2. The van der Waals surface area contributed by atoms with E-state index < -0.39 is 17.7 Å². The van der Waals surface area contributed by atoms with Crippen LogP contribution in [0.1, 0.15) is 80.0 Å². The van der Waals surface area contributed by atoms with Crippen molar-refractivity contribution in [3.63, 3.8) is 0 Å². The van der Waals surface area contributed by atoms with Gasteiger partial charge < -0.3 is 19.6 Å². The molecular weight excluding hydrogens is 440 g/mol. The van der Waals surface area contributed by atoms with E-state index in [-0.39, 0.29) is 12.1 Å². The molecule has 0 aliphatic carbocycles. The van der Waals surface area contributed by atoms with Crippen molar-refractivity contribution in [1.82, 2.24) is 9.80 Å². The Hall–Kier alpha value is -2.86. The fraction of sp³-hybridized carbons (Fsp3) is 0.517. The van der Waals surface area contributed by atoms with E-state index in [4.69, 9.17) is 4.74 Å². The van der Waals surface area contributed by atoms with E-state index in [0.717, 1.165) is 58.3 Å². The lowest BCUT2D eigenvalue weighted by Gasteiger charge is -2.29. The Morgan fingerprint density at radius 3 is 2.14 bits per heavy atom. The molecule has 2 aliphatic rings. The summed E-state index contributed by atoms with van der Waals surface area (Å²) in [6, 6.07) is 8.52. The maximum atomic E-state index is 13.4. The van der Waals surface area contributed by atoms with E-state index in [1.54, 1.807) is 0 Å². The molecule has 2 aromatic rings. The lowest BCUT2D eigenvalue weighted by Crippen LogP contribution is -2.42. The molecule has 2 aromatic carbocycles. The molecule has 1 N–H and O–H groups in total. The smallest absolute Gasteiger partial charge is 0.337 e. The van der Waals surface area contributed by atoms with Crippen LogP contribution in [0.4, 0.5) is 4.79 Å². The largest absolute Gasteiger partial charge is 0.479 e. The zero-order chi connectivity index (χ0) is 25.7. The highest BCUT2D eigenvalue weighted by atomic mass is 16.5. The molecule has 1 saturated heterocycles. The highest BCUT2D eigenvalue weighted by Gasteiger charge is 2.38. The Labute approximate surface area is 208 Å². The average Bonchev–Trinajstić information content (AvgIpc) is 3.41. The molecule has 0 aromatic heterocycles. The first kappa shape index (κ1) is 25.2. The summed E-state index contributed by atoms with van der Waals surface area (Å²) in [6.07, 6.45) is 0.966. The summed E-state index contributed by atoms with van der Waals surface area (Å²) in [6.45, 7) is 15.7. The van der Waals surface area contributed by atoms with Gasteiger partial charge in [-0.3, -0.25) is 0 Å². The van der Waals surface area contributed by atoms with Gasteiger partial charge in [0.1, 0.15) is 0 Å². The first-order valence-electron chi connectivity index (χ1n) is 12.6. The summed E-state index contributed by atoms with van der Waals surface area (Å²) in [4.78, 5) is 29.8. The predicted molar refractivity (Wildman–Crippen MR) is 137 cm³/mol. The Bertz CT molecular complexity index is 1150.